The van der Waals surface area contributed by atoms with Gasteiger partial charge >= 0.3 is 0 Å². The van der Waals surface area contributed by atoms with Crippen molar-refractivity contribution in [1.82, 2.24) is 10.3 Å². The molecule has 2 N–H and O–H groups in total. The molecule has 0 aliphatic carbocycles. The lowest BCUT2D eigenvalue weighted by Gasteiger charge is -2.04. The van der Waals surface area contributed by atoms with Crippen molar-refractivity contribution in [2.75, 3.05) is 19.8 Å². The highest BCUT2D eigenvalue weighted by atomic mass is 19.1. The highest BCUT2D eigenvalue weighted by molar-refractivity contribution is 5.98. The minimum Gasteiger partial charge on any atom is -0.381 e. The Labute approximate surface area is 123 Å². The molecule has 0 saturated carbocycles. The smallest absolute Gasteiger partial charge is 0.267 e. The van der Waals surface area contributed by atoms with Gasteiger partial charge in [-0.25, -0.2) is 4.39 Å². The van der Waals surface area contributed by atoms with Crippen molar-refractivity contribution < 1.29 is 13.9 Å². The number of carbonyl (C=O) groups excluding carboxylic acids is 1. The van der Waals surface area contributed by atoms with Crippen molar-refractivity contribution in [2.24, 2.45) is 0 Å². The highest BCUT2D eigenvalue weighted by Gasteiger charge is 2.10. The number of ether oxygens (including phenoxy) is 1. The summed E-state index contributed by atoms with van der Waals surface area (Å²) in [5.74, 6) is -0.550. The number of amides is 1. The lowest BCUT2D eigenvalue weighted by molar-refractivity contribution is 0.0936. The summed E-state index contributed by atoms with van der Waals surface area (Å²) in [6.45, 7) is 4.07. The van der Waals surface area contributed by atoms with Crippen molar-refractivity contribution in [3.05, 3.63) is 35.8 Å². The van der Waals surface area contributed by atoms with E-state index in [0.29, 0.717) is 29.7 Å². The predicted octanol–water partition coefficient (Wildman–Crippen LogP) is 3.24. The van der Waals surface area contributed by atoms with Crippen LogP contribution in [0, 0.1) is 5.82 Å². The van der Waals surface area contributed by atoms with Crippen LogP contribution < -0.4 is 5.32 Å². The number of carbonyl (C=O) groups is 1. The molecule has 114 valence electrons. The van der Waals surface area contributed by atoms with E-state index in [4.69, 9.17) is 4.74 Å². The number of aromatic nitrogens is 1. The fraction of sp³-hybridized carbons (Fsp3) is 0.438. The van der Waals surface area contributed by atoms with Gasteiger partial charge in [-0.15, -0.1) is 0 Å². The second-order valence-corrected chi connectivity index (χ2v) is 4.96. The Bertz CT molecular complexity index is 595. The molecule has 0 unspecified atom stereocenters. The number of hydrogen-bond acceptors (Lipinski definition) is 2. The van der Waals surface area contributed by atoms with E-state index in [0.717, 1.165) is 25.9 Å². The average Bonchev–Trinajstić information content (AvgIpc) is 2.92. The van der Waals surface area contributed by atoms with Gasteiger partial charge in [0.2, 0.25) is 0 Å². The number of halogens is 1. The van der Waals surface area contributed by atoms with Gasteiger partial charge in [0, 0.05) is 30.7 Å². The van der Waals surface area contributed by atoms with Crippen LogP contribution in [0.4, 0.5) is 4.39 Å². The van der Waals surface area contributed by atoms with Crippen molar-refractivity contribution in [1.29, 1.82) is 0 Å². The van der Waals surface area contributed by atoms with Gasteiger partial charge in [-0.3, -0.25) is 4.79 Å². The number of unbranched alkanes of at least 4 members (excludes halogenated alkanes) is 1. The molecule has 2 rings (SSSR count). The first-order chi connectivity index (χ1) is 10.2. The van der Waals surface area contributed by atoms with Crippen molar-refractivity contribution in [2.45, 2.75) is 26.2 Å². The van der Waals surface area contributed by atoms with Gasteiger partial charge in [-0.2, -0.15) is 0 Å². The minimum atomic E-state index is -0.327. The van der Waals surface area contributed by atoms with Crippen LogP contribution in [-0.4, -0.2) is 30.6 Å². The van der Waals surface area contributed by atoms with Crippen LogP contribution in [0.25, 0.3) is 10.9 Å². The molecular formula is C16H21FN2O2. The minimum absolute atomic E-state index is 0.223. The standard InChI is InChI=1S/C16H21FN2O2/c1-2-3-9-21-10-5-8-18-16(20)15-11-12-13(17)6-4-7-14(12)19-15/h4,6-7,11,19H,2-3,5,8-10H2,1H3,(H,18,20). The summed E-state index contributed by atoms with van der Waals surface area (Å²) in [6, 6.07) is 6.28. The summed E-state index contributed by atoms with van der Waals surface area (Å²) in [4.78, 5) is 14.9. The zero-order chi connectivity index (χ0) is 15.1. The zero-order valence-electron chi connectivity index (χ0n) is 12.2. The predicted molar refractivity (Wildman–Crippen MR) is 80.9 cm³/mol. The summed E-state index contributed by atoms with van der Waals surface area (Å²) in [5.41, 5.74) is 1.00. The summed E-state index contributed by atoms with van der Waals surface area (Å²) in [6.07, 6.45) is 2.95. The monoisotopic (exact) mass is 292 g/mol. The normalized spacial score (nSPS) is 11.0. The molecule has 2 aromatic rings. The zero-order valence-corrected chi connectivity index (χ0v) is 12.2. The number of hydrogen-bond donors (Lipinski definition) is 2. The van der Waals surface area contributed by atoms with Crippen molar-refractivity contribution in [3.63, 3.8) is 0 Å². The van der Waals surface area contributed by atoms with E-state index in [-0.39, 0.29) is 11.7 Å². The second-order valence-electron chi connectivity index (χ2n) is 4.96. The summed E-state index contributed by atoms with van der Waals surface area (Å²) < 4.78 is 19.0. The van der Waals surface area contributed by atoms with Crippen LogP contribution in [-0.2, 0) is 4.74 Å². The van der Waals surface area contributed by atoms with Gasteiger partial charge in [0.15, 0.2) is 0 Å². The van der Waals surface area contributed by atoms with E-state index >= 15 is 0 Å². The summed E-state index contributed by atoms with van der Waals surface area (Å²) in [7, 11) is 0. The third kappa shape index (κ3) is 4.29. The Hall–Kier alpha value is -1.88. The van der Waals surface area contributed by atoms with Crippen LogP contribution in [0.2, 0.25) is 0 Å². The van der Waals surface area contributed by atoms with Crippen LogP contribution in [0.3, 0.4) is 0 Å². The molecule has 0 aliphatic heterocycles. The first-order valence-corrected chi connectivity index (χ1v) is 7.35. The number of benzene rings is 1. The maximum atomic E-state index is 13.5. The maximum absolute atomic E-state index is 13.5. The molecule has 4 nitrogen and oxygen atoms in total. The SMILES string of the molecule is CCCCOCCCNC(=O)c1cc2c(F)cccc2[nH]1. The number of aromatic amines is 1. The molecular weight excluding hydrogens is 271 g/mol. The molecule has 0 fully saturated rings. The number of H-pyrrole nitrogens is 1. The third-order valence-electron chi connectivity index (χ3n) is 3.25. The Balaban J connectivity index is 1.78. The summed E-state index contributed by atoms with van der Waals surface area (Å²) >= 11 is 0. The van der Waals surface area contributed by atoms with Gasteiger partial charge in [-0.1, -0.05) is 19.4 Å². The maximum Gasteiger partial charge on any atom is 0.267 e. The number of nitrogens with one attached hydrogen (secondary N) is 2. The molecule has 0 radical (unpaired) electrons. The fourth-order valence-corrected chi connectivity index (χ4v) is 2.06. The largest absolute Gasteiger partial charge is 0.381 e. The first-order valence-electron chi connectivity index (χ1n) is 7.35. The van der Waals surface area contributed by atoms with Crippen LogP contribution in [0.5, 0.6) is 0 Å². The number of rotatable bonds is 8. The molecule has 5 heteroatoms. The van der Waals surface area contributed by atoms with Crippen LogP contribution in [0.15, 0.2) is 24.3 Å². The summed E-state index contributed by atoms with van der Waals surface area (Å²) in [5, 5.41) is 3.23. The van der Waals surface area contributed by atoms with Gasteiger partial charge in [0.05, 0.1) is 0 Å². The molecule has 0 spiro atoms. The van der Waals surface area contributed by atoms with Gasteiger partial charge in [0.25, 0.3) is 5.91 Å². The lowest BCUT2D eigenvalue weighted by Crippen LogP contribution is -2.25. The van der Waals surface area contributed by atoms with Crippen LogP contribution >= 0.6 is 0 Å². The first kappa shape index (κ1) is 15.5. The highest BCUT2D eigenvalue weighted by Crippen LogP contribution is 2.18. The molecule has 1 amide bonds. The molecule has 1 aromatic carbocycles. The van der Waals surface area contributed by atoms with E-state index in [9.17, 15) is 9.18 Å². The topological polar surface area (TPSA) is 54.1 Å². The van der Waals surface area contributed by atoms with E-state index in [1.165, 1.54) is 12.1 Å². The van der Waals surface area contributed by atoms with Crippen LogP contribution in [0.1, 0.15) is 36.7 Å². The molecule has 0 aliphatic rings. The molecule has 1 heterocycles. The van der Waals surface area contributed by atoms with Gasteiger partial charge < -0.3 is 15.0 Å². The molecule has 1 aromatic heterocycles. The van der Waals surface area contributed by atoms with Gasteiger partial charge in [-0.05, 0) is 31.0 Å². The lowest BCUT2D eigenvalue weighted by atomic mass is 10.2. The molecule has 0 atom stereocenters. The quantitative estimate of drug-likeness (QED) is 0.734. The van der Waals surface area contributed by atoms with Gasteiger partial charge in [0.1, 0.15) is 11.5 Å². The van der Waals surface area contributed by atoms with Crippen molar-refractivity contribution in [3.8, 4) is 0 Å². The molecule has 0 bridgehead atoms. The van der Waals surface area contributed by atoms with E-state index in [2.05, 4.69) is 17.2 Å². The Kier molecular flexibility index (Phi) is 5.75. The van der Waals surface area contributed by atoms with E-state index in [1.807, 2.05) is 0 Å². The fourth-order valence-electron chi connectivity index (χ4n) is 2.06. The Morgan fingerprint density at radius 3 is 2.90 bits per heavy atom. The average molecular weight is 292 g/mol. The Morgan fingerprint density at radius 2 is 2.14 bits per heavy atom. The third-order valence-corrected chi connectivity index (χ3v) is 3.25. The van der Waals surface area contributed by atoms with E-state index < -0.39 is 0 Å². The molecule has 21 heavy (non-hydrogen) atoms. The second kappa shape index (κ2) is 7.78. The van der Waals surface area contributed by atoms with Crippen molar-refractivity contribution >= 4 is 16.8 Å². The van der Waals surface area contributed by atoms with E-state index in [1.54, 1.807) is 12.1 Å². The Morgan fingerprint density at radius 1 is 1.33 bits per heavy atom. The molecule has 0 saturated heterocycles. The number of fused-ring (bicyclic) bond motifs is 1.